The minimum absolute atomic E-state index is 0.0912. The normalized spacial score (nSPS) is 26.5. The molecule has 0 aliphatic heterocycles. The van der Waals surface area contributed by atoms with Gasteiger partial charge >= 0.3 is 5.97 Å². The number of halogens is 3. The van der Waals surface area contributed by atoms with Crippen molar-refractivity contribution in [3.8, 4) is 0 Å². The third kappa shape index (κ3) is 3.53. The Kier molecular flexibility index (Phi) is 4.44. The van der Waals surface area contributed by atoms with Gasteiger partial charge in [0.25, 0.3) is 0 Å². The minimum atomic E-state index is -2.61. The van der Waals surface area contributed by atoms with Crippen LogP contribution in [0.3, 0.4) is 0 Å². The summed E-state index contributed by atoms with van der Waals surface area (Å²) in [5, 5.41) is 4.59. The van der Waals surface area contributed by atoms with Crippen LogP contribution in [0.15, 0.2) is 0 Å². The van der Waals surface area contributed by atoms with Gasteiger partial charge in [-0.05, 0) is 54.2 Å². The zero-order valence-corrected chi connectivity index (χ0v) is 15.5. The lowest BCUT2D eigenvalue weighted by Crippen LogP contribution is -2.26. The summed E-state index contributed by atoms with van der Waals surface area (Å²) in [6.45, 7) is 4.23. The SMILES string of the molecule is CCOC(=O)c1c(I)c(C2CC2)nn1CC1(C)CCC(F)(F)C1. The van der Waals surface area contributed by atoms with Crippen LogP contribution < -0.4 is 0 Å². The molecule has 2 aliphatic rings. The summed E-state index contributed by atoms with van der Waals surface area (Å²) < 4.78 is 34.8. The van der Waals surface area contributed by atoms with Crippen LogP contribution in [-0.4, -0.2) is 28.3 Å². The fraction of sp³-hybridized carbons (Fsp3) is 0.750. The summed E-state index contributed by atoms with van der Waals surface area (Å²) >= 11 is 2.14. The molecule has 0 N–H and O–H groups in total. The molecule has 0 amide bonds. The standard InChI is InChI=1S/C16H21F2IN2O2/c1-3-23-14(22)13-11(19)12(10-4-5-10)20-21(13)9-15(2)6-7-16(17,18)8-15/h10H,3-9H2,1-2H3. The van der Waals surface area contributed by atoms with Crippen molar-refractivity contribution in [2.45, 2.75) is 64.3 Å². The molecule has 2 fully saturated rings. The van der Waals surface area contributed by atoms with Gasteiger partial charge in [0.15, 0.2) is 5.69 Å². The molecular weight excluding hydrogens is 417 g/mol. The van der Waals surface area contributed by atoms with Crippen LogP contribution in [0.1, 0.15) is 68.1 Å². The maximum Gasteiger partial charge on any atom is 0.357 e. The fourth-order valence-electron chi connectivity index (χ4n) is 3.37. The highest BCUT2D eigenvalue weighted by Gasteiger charge is 2.47. The van der Waals surface area contributed by atoms with Crippen molar-refractivity contribution < 1.29 is 18.3 Å². The van der Waals surface area contributed by atoms with Crippen molar-refractivity contribution in [1.29, 1.82) is 0 Å². The minimum Gasteiger partial charge on any atom is -0.461 e. The van der Waals surface area contributed by atoms with Gasteiger partial charge in [-0.3, -0.25) is 4.68 Å². The summed E-state index contributed by atoms with van der Waals surface area (Å²) in [6, 6.07) is 0. The van der Waals surface area contributed by atoms with Crippen LogP contribution in [0, 0.1) is 8.99 Å². The van der Waals surface area contributed by atoms with Crippen molar-refractivity contribution in [1.82, 2.24) is 9.78 Å². The first-order valence-corrected chi connectivity index (χ1v) is 9.14. The van der Waals surface area contributed by atoms with Gasteiger partial charge in [-0.15, -0.1) is 0 Å². The lowest BCUT2D eigenvalue weighted by Gasteiger charge is -2.24. The van der Waals surface area contributed by atoms with E-state index in [2.05, 4.69) is 27.7 Å². The van der Waals surface area contributed by atoms with E-state index >= 15 is 0 Å². The molecule has 7 heteroatoms. The smallest absolute Gasteiger partial charge is 0.357 e. The second-order valence-corrected chi connectivity index (χ2v) is 8.12. The molecule has 3 rings (SSSR count). The molecule has 0 radical (unpaired) electrons. The van der Waals surface area contributed by atoms with Crippen LogP contribution in [0.25, 0.3) is 0 Å². The molecule has 1 aromatic rings. The second-order valence-electron chi connectivity index (χ2n) is 7.04. The molecule has 2 saturated carbocycles. The Morgan fingerprint density at radius 1 is 1.43 bits per heavy atom. The van der Waals surface area contributed by atoms with Crippen molar-refractivity contribution in [2.75, 3.05) is 6.61 Å². The Labute approximate surface area is 148 Å². The highest BCUT2D eigenvalue weighted by molar-refractivity contribution is 14.1. The molecular formula is C16H21F2IN2O2. The summed E-state index contributed by atoms with van der Waals surface area (Å²) in [5.41, 5.74) is 0.800. The van der Waals surface area contributed by atoms with Crippen LogP contribution in [0.5, 0.6) is 0 Å². The molecule has 1 aromatic heterocycles. The number of carbonyl (C=O) groups is 1. The number of aromatic nitrogens is 2. The Morgan fingerprint density at radius 3 is 2.65 bits per heavy atom. The largest absolute Gasteiger partial charge is 0.461 e. The summed E-state index contributed by atoms with van der Waals surface area (Å²) in [7, 11) is 0. The number of hydrogen-bond donors (Lipinski definition) is 0. The lowest BCUT2D eigenvalue weighted by atomic mass is 9.88. The molecule has 4 nitrogen and oxygen atoms in total. The highest BCUT2D eigenvalue weighted by atomic mass is 127. The van der Waals surface area contributed by atoms with Gasteiger partial charge in [0, 0.05) is 25.3 Å². The molecule has 0 bridgehead atoms. The Bertz CT molecular complexity index is 628. The van der Waals surface area contributed by atoms with E-state index in [9.17, 15) is 13.6 Å². The molecule has 2 aliphatic carbocycles. The Hall–Kier alpha value is -0.730. The van der Waals surface area contributed by atoms with E-state index in [0.717, 1.165) is 22.1 Å². The van der Waals surface area contributed by atoms with E-state index < -0.39 is 17.3 Å². The number of rotatable bonds is 5. The topological polar surface area (TPSA) is 44.1 Å². The summed E-state index contributed by atoms with van der Waals surface area (Å²) in [6.07, 6.45) is 2.34. The van der Waals surface area contributed by atoms with Crippen molar-refractivity contribution >= 4 is 28.6 Å². The van der Waals surface area contributed by atoms with Crippen LogP contribution >= 0.6 is 22.6 Å². The van der Waals surface area contributed by atoms with Crippen LogP contribution in [0.4, 0.5) is 8.78 Å². The first-order chi connectivity index (χ1) is 10.7. The van der Waals surface area contributed by atoms with E-state index in [0.29, 0.717) is 24.6 Å². The number of nitrogens with zero attached hydrogens (tertiary/aromatic N) is 2. The lowest BCUT2D eigenvalue weighted by molar-refractivity contribution is -0.00421. The molecule has 0 aromatic carbocycles. The van der Waals surface area contributed by atoms with E-state index in [4.69, 9.17) is 4.74 Å². The van der Waals surface area contributed by atoms with Gasteiger partial charge in [-0.25, -0.2) is 13.6 Å². The maximum atomic E-state index is 13.6. The number of esters is 1. The predicted octanol–water partition coefficient (Wildman–Crippen LogP) is 4.37. The zero-order chi connectivity index (χ0) is 16.8. The van der Waals surface area contributed by atoms with Gasteiger partial charge in [0.2, 0.25) is 5.92 Å². The van der Waals surface area contributed by atoms with Gasteiger partial charge < -0.3 is 4.74 Å². The average Bonchev–Trinajstić information content (AvgIpc) is 3.17. The van der Waals surface area contributed by atoms with E-state index in [1.54, 1.807) is 11.6 Å². The number of hydrogen-bond acceptors (Lipinski definition) is 3. The molecule has 0 saturated heterocycles. The maximum absolute atomic E-state index is 13.6. The van der Waals surface area contributed by atoms with Gasteiger partial charge in [0.05, 0.1) is 15.9 Å². The predicted molar refractivity (Wildman–Crippen MR) is 89.8 cm³/mol. The van der Waals surface area contributed by atoms with Gasteiger partial charge in [0.1, 0.15) is 0 Å². The van der Waals surface area contributed by atoms with E-state index in [-0.39, 0.29) is 19.4 Å². The van der Waals surface area contributed by atoms with Gasteiger partial charge in [-0.1, -0.05) is 6.92 Å². The van der Waals surface area contributed by atoms with E-state index in [1.807, 2.05) is 6.92 Å². The summed E-state index contributed by atoms with van der Waals surface area (Å²) in [5.74, 6) is -2.63. The third-order valence-corrected chi connectivity index (χ3v) is 5.73. The average molecular weight is 438 g/mol. The summed E-state index contributed by atoms with van der Waals surface area (Å²) in [4.78, 5) is 12.3. The van der Waals surface area contributed by atoms with E-state index in [1.165, 1.54) is 0 Å². The van der Waals surface area contributed by atoms with Crippen LogP contribution in [0.2, 0.25) is 0 Å². The molecule has 1 unspecified atom stereocenters. The quantitative estimate of drug-likeness (QED) is 0.507. The number of alkyl halides is 2. The molecule has 23 heavy (non-hydrogen) atoms. The molecule has 1 heterocycles. The highest BCUT2D eigenvalue weighted by Crippen LogP contribution is 2.49. The molecule has 1 atom stereocenters. The van der Waals surface area contributed by atoms with Crippen molar-refractivity contribution in [2.24, 2.45) is 5.41 Å². The Morgan fingerprint density at radius 2 is 2.13 bits per heavy atom. The molecule has 0 spiro atoms. The number of ether oxygens (including phenoxy) is 1. The van der Waals surface area contributed by atoms with Crippen molar-refractivity contribution in [3.63, 3.8) is 0 Å². The fourth-order valence-corrected chi connectivity index (χ4v) is 4.41. The second kappa shape index (κ2) is 5.97. The first-order valence-electron chi connectivity index (χ1n) is 8.06. The third-order valence-electron chi connectivity index (χ3n) is 4.66. The van der Waals surface area contributed by atoms with Crippen LogP contribution in [-0.2, 0) is 11.3 Å². The Balaban J connectivity index is 1.91. The zero-order valence-electron chi connectivity index (χ0n) is 13.4. The molecule has 128 valence electrons. The van der Waals surface area contributed by atoms with Gasteiger partial charge in [-0.2, -0.15) is 5.10 Å². The first kappa shape index (κ1) is 17.1. The number of carbonyl (C=O) groups excluding carboxylic acids is 1. The monoisotopic (exact) mass is 438 g/mol. The van der Waals surface area contributed by atoms with Crippen molar-refractivity contribution in [3.05, 3.63) is 15.0 Å².